The van der Waals surface area contributed by atoms with E-state index < -0.39 is 6.04 Å². The van der Waals surface area contributed by atoms with Crippen LogP contribution in [0.25, 0.3) is 0 Å². The second kappa shape index (κ2) is 6.19. The maximum Gasteiger partial charge on any atom is 0.239 e. The van der Waals surface area contributed by atoms with Gasteiger partial charge >= 0.3 is 0 Å². The van der Waals surface area contributed by atoms with Crippen LogP contribution in [-0.2, 0) is 9.53 Å². The molecule has 1 amide bonds. The first-order chi connectivity index (χ1) is 6.15. The van der Waals surface area contributed by atoms with Gasteiger partial charge in [-0.3, -0.25) is 4.79 Å². The molecule has 4 N–H and O–H groups in total. The summed E-state index contributed by atoms with van der Waals surface area (Å²) in [5.74, 6) is -0.0262. The van der Waals surface area contributed by atoms with Gasteiger partial charge in [-0.25, -0.2) is 0 Å². The Morgan fingerprint density at radius 1 is 1.71 bits per heavy atom. The lowest BCUT2D eigenvalue weighted by molar-refractivity contribution is -0.139. The maximum atomic E-state index is 11.5. The molecular formula is C8H18ClN3O2. The maximum absolute atomic E-state index is 11.5. The third-order valence-electron chi connectivity index (χ3n) is 2.10. The highest BCUT2D eigenvalue weighted by molar-refractivity contribution is 5.85. The number of nitrogens with two attached hydrogens (primary N) is 2. The molecular weight excluding hydrogens is 206 g/mol. The molecule has 6 heteroatoms. The molecule has 1 aliphatic heterocycles. The van der Waals surface area contributed by atoms with E-state index in [0.717, 1.165) is 0 Å². The zero-order chi connectivity index (χ0) is 9.84. The molecule has 1 fully saturated rings. The lowest BCUT2D eigenvalue weighted by Gasteiger charge is -2.33. The number of carbonyl (C=O) groups is 1. The second-order valence-corrected chi connectivity index (χ2v) is 3.30. The number of rotatable bonds is 2. The Morgan fingerprint density at radius 2 is 2.36 bits per heavy atom. The largest absolute Gasteiger partial charge is 0.373 e. The van der Waals surface area contributed by atoms with Crippen LogP contribution in [0.1, 0.15) is 6.92 Å². The summed E-state index contributed by atoms with van der Waals surface area (Å²) < 4.78 is 5.33. The van der Waals surface area contributed by atoms with Gasteiger partial charge < -0.3 is 21.1 Å². The van der Waals surface area contributed by atoms with E-state index in [0.29, 0.717) is 26.2 Å². The molecule has 0 radical (unpaired) electrons. The van der Waals surface area contributed by atoms with Crippen molar-refractivity contribution in [2.45, 2.75) is 19.1 Å². The predicted molar refractivity (Wildman–Crippen MR) is 56.3 cm³/mol. The zero-order valence-electron chi connectivity index (χ0n) is 8.31. The highest BCUT2D eigenvalue weighted by Gasteiger charge is 2.24. The van der Waals surface area contributed by atoms with E-state index in [1.807, 2.05) is 0 Å². The van der Waals surface area contributed by atoms with Crippen LogP contribution in [0.4, 0.5) is 0 Å². The first-order valence-electron chi connectivity index (χ1n) is 4.51. The van der Waals surface area contributed by atoms with E-state index in [-0.39, 0.29) is 24.4 Å². The molecule has 0 aromatic carbocycles. The van der Waals surface area contributed by atoms with E-state index in [1.165, 1.54) is 0 Å². The van der Waals surface area contributed by atoms with Crippen molar-refractivity contribution < 1.29 is 9.53 Å². The number of nitrogens with zero attached hydrogens (tertiary/aromatic N) is 1. The van der Waals surface area contributed by atoms with E-state index >= 15 is 0 Å². The highest BCUT2D eigenvalue weighted by Crippen LogP contribution is 2.05. The summed E-state index contributed by atoms with van der Waals surface area (Å²) in [7, 11) is 0. The van der Waals surface area contributed by atoms with Gasteiger partial charge in [-0.2, -0.15) is 0 Å². The first kappa shape index (κ1) is 13.6. The minimum Gasteiger partial charge on any atom is -0.373 e. The fourth-order valence-electron chi connectivity index (χ4n) is 1.35. The van der Waals surface area contributed by atoms with Crippen LogP contribution in [0.3, 0.4) is 0 Å². The number of halogens is 1. The van der Waals surface area contributed by atoms with Crippen molar-refractivity contribution in [2.75, 3.05) is 26.2 Å². The lowest BCUT2D eigenvalue weighted by Crippen LogP contribution is -2.52. The Bertz CT molecular complexity index is 189. The number of ether oxygens (including phenoxy) is 1. The van der Waals surface area contributed by atoms with Crippen LogP contribution in [0.2, 0.25) is 0 Å². The van der Waals surface area contributed by atoms with Crippen LogP contribution in [0, 0.1) is 0 Å². The Kier molecular flexibility index (Phi) is 6.03. The van der Waals surface area contributed by atoms with Crippen LogP contribution >= 0.6 is 12.4 Å². The second-order valence-electron chi connectivity index (χ2n) is 3.30. The van der Waals surface area contributed by atoms with Gasteiger partial charge in [0.05, 0.1) is 18.8 Å². The molecule has 2 atom stereocenters. The minimum atomic E-state index is -0.434. The van der Waals surface area contributed by atoms with Gasteiger partial charge in [0.25, 0.3) is 0 Å². The van der Waals surface area contributed by atoms with E-state index in [4.69, 9.17) is 16.2 Å². The number of carbonyl (C=O) groups excluding carboxylic acids is 1. The van der Waals surface area contributed by atoms with Crippen LogP contribution in [0.15, 0.2) is 0 Å². The van der Waals surface area contributed by atoms with Crippen molar-refractivity contribution in [1.29, 1.82) is 0 Å². The van der Waals surface area contributed by atoms with Crippen molar-refractivity contribution in [3.63, 3.8) is 0 Å². The average molecular weight is 224 g/mol. The third kappa shape index (κ3) is 3.42. The quantitative estimate of drug-likeness (QED) is 0.626. The molecule has 5 nitrogen and oxygen atoms in total. The number of morpholine rings is 1. The van der Waals surface area contributed by atoms with Crippen molar-refractivity contribution in [3.05, 3.63) is 0 Å². The number of hydrogen-bond acceptors (Lipinski definition) is 4. The van der Waals surface area contributed by atoms with Crippen LogP contribution in [0.5, 0.6) is 0 Å². The summed E-state index contributed by atoms with van der Waals surface area (Å²) in [5, 5.41) is 0. The van der Waals surface area contributed by atoms with Gasteiger partial charge in [-0.15, -0.1) is 12.4 Å². The molecule has 14 heavy (non-hydrogen) atoms. The summed E-state index contributed by atoms with van der Waals surface area (Å²) in [4.78, 5) is 13.2. The Hall–Kier alpha value is -0.360. The minimum absolute atomic E-state index is 0. The first-order valence-corrected chi connectivity index (χ1v) is 4.51. The molecule has 0 saturated carbocycles. The molecule has 0 aromatic heterocycles. The molecule has 1 unspecified atom stereocenters. The third-order valence-corrected chi connectivity index (χ3v) is 2.10. The standard InChI is InChI=1S/C8H17N3O2.ClH/c1-6(10)8(12)11-2-3-13-7(4-9)5-11;/h6-7H,2-5,9-10H2,1H3;1H/t6-,7?;/m1./s1. The van der Waals surface area contributed by atoms with Gasteiger partial charge in [0.1, 0.15) is 0 Å². The average Bonchev–Trinajstić information content (AvgIpc) is 2.16. The van der Waals surface area contributed by atoms with Crippen LogP contribution in [-0.4, -0.2) is 49.2 Å². The zero-order valence-corrected chi connectivity index (χ0v) is 9.13. The summed E-state index contributed by atoms with van der Waals surface area (Å²) in [6.45, 7) is 3.88. The van der Waals surface area contributed by atoms with Crippen molar-refractivity contribution in [2.24, 2.45) is 11.5 Å². The molecule has 1 heterocycles. The van der Waals surface area contributed by atoms with Gasteiger partial charge in [0.15, 0.2) is 0 Å². The van der Waals surface area contributed by atoms with Gasteiger partial charge in [-0.05, 0) is 6.92 Å². The molecule has 1 aliphatic rings. The smallest absolute Gasteiger partial charge is 0.239 e. The van der Waals surface area contributed by atoms with Gasteiger partial charge in [0.2, 0.25) is 5.91 Å². The SMILES string of the molecule is C[C@@H](N)C(=O)N1CCOC(CN)C1.Cl. The highest BCUT2D eigenvalue weighted by atomic mass is 35.5. The molecule has 0 spiro atoms. The summed E-state index contributed by atoms with van der Waals surface area (Å²) in [5.41, 5.74) is 10.9. The van der Waals surface area contributed by atoms with Crippen molar-refractivity contribution in [3.8, 4) is 0 Å². The molecule has 1 rings (SSSR count). The summed E-state index contributed by atoms with van der Waals surface area (Å²) >= 11 is 0. The normalized spacial score (nSPS) is 23.9. The molecule has 1 saturated heterocycles. The molecule has 0 aliphatic carbocycles. The van der Waals surface area contributed by atoms with Crippen molar-refractivity contribution in [1.82, 2.24) is 4.90 Å². The molecule has 0 bridgehead atoms. The van der Waals surface area contributed by atoms with Gasteiger partial charge in [-0.1, -0.05) is 0 Å². The Morgan fingerprint density at radius 3 is 2.86 bits per heavy atom. The fraction of sp³-hybridized carbons (Fsp3) is 0.875. The number of amides is 1. The van der Waals surface area contributed by atoms with E-state index in [2.05, 4.69) is 0 Å². The fourth-order valence-corrected chi connectivity index (χ4v) is 1.35. The van der Waals surface area contributed by atoms with E-state index in [9.17, 15) is 4.79 Å². The number of hydrogen-bond donors (Lipinski definition) is 2. The summed E-state index contributed by atoms with van der Waals surface area (Å²) in [6, 6.07) is -0.434. The molecule has 84 valence electrons. The van der Waals surface area contributed by atoms with Gasteiger partial charge in [0, 0.05) is 19.6 Å². The summed E-state index contributed by atoms with van der Waals surface area (Å²) in [6.07, 6.45) is -0.0311. The predicted octanol–water partition coefficient (Wildman–Crippen LogP) is -1.06. The van der Waals surface area contributed by atoms with Crippen molar-refractivity contribution >= 4 is 18.3 Å². The monoisotopic (exact) mass is 223 g/mol. The lowest BCUT2D eigenvalue weighted by atomic mass is 10.2. The molecule has 0 aromatic rings. The Labute approximate surface area is 90.2 Å². The van der Waals surface area contributed by atoms with Crippen LogP contribution < -0.4 is 11.5 Å². The Balaban J connectivity index is 0.00000169. The van der Waals surface area contributed by atoms with E-state index in [1.54, 1.807) is 11.8 Å². The topological polar surface area (TPSA) is 81.6 Å².